The van der Waals surface area contributed by atoms with Gasteiger partial charge in [0.25, 0.3) is 0 Å². The summed E-state index contributed by atoms with van der Waals surface area (Å²) >= 11 is 0. The molecule has 1 aromatic heterocycles. The molecular formula is C35H41N5O4. The normalized spacial score (nSPS) is 14.6. The second-order valence-corrected chi connectivity index (χ2v) is 11.2. The van der Waals surface area contributed by atoms with Crippen LogP contribution in [0.1, 0.15) is 42.0 Å². The second-order valence-electron chi connectivity index (χ2n) is 11.2. The molecule has 1 saturated heterocycles. The van der Waals surface area contributed by atoms with Crippen molar-refractivity contribution in [3.63, 3.8) is 0 Å². The molecule has 0 unspecified atom stereocenters. The van der Waals surface area contributed by atoms with Crippen LogP contribution in [0.4, 0.5) is 5.69 Å². The highest BCUT2D eigenvalue weighted by Crippen LogP contribution is 2.40. The third kappa shape index (κ3) is 5.71. The van der Waals surface area contributed by atoms with Crippen LogP contribution in [0.2, 0.25) is 0 Å². The molecule has 0 saturated carbocycles. The van der Waals surface area contributed by atoms with Gasteiger partial charge in [-0.15, -0.1) is 10.2 Å². The molecule has 6 rings (SSSR count). The lowest BCUT2D eigenvalue weighted by Gasteiger charge is -2.33. The second kappa shape index (κ2) is 13.0. The van der Waals surface area contributed by atoms with Crippen LogP contribution < -0.4 is 23.8 Å². The zero-order valence-corrected chi connectivity index (χ0v) is 26.3. The highest BCUT2D eigenvalue weighted by atomic mass is 16.5. The van der Waals surface area contributed by atoms with Crippen molar-refractivity contribution >= 4 is 11.3 Å². The van der Waals surface area contributed by atoms with Crippen molar-refractivity contribution in [1.82, 2.24) is 19.7 Å². The molecule has 230 valence electrons. The molecule has 0 bridgehead atoms. The molecular weight excluding hydrogens is 554 g/mol. The largest absolute Gasteiger partial charge is 0.493 e. The number of anilines is 1. The van der Waals surface area contributed by atoms with Gasteiger partial charge in [-0.05, 0) is 85.8 Å². The molecule has 3 heterocycles. The minimum Gasteiger partial charge on any atom is -0.493 e. The van der Waals surface area contributed by atoms with Crippen LogP contribution in [0, 0.1) is 6.92 Å². The summed E-state index contributed by atoms with van der Waals surface area (Å²) in [4.78, 5) is 5.03. The molecule has 1 fully saturated rings. The van der Waals surface area contributed by atoms with E-state index in [9.17, 15) is 0 Å². The van der Waals surface area contributed by atoms with Crippen molar-refractivity contribution in [1.29, 1.82) is 0 Å². The Kier molecular flexibility index (Phi) is 8.74. The number of hydrogen-bond donors (Lipinski definition) is 0. The van der Waals surface area contributed by atoms with E-state index < -0.39 is 0 Å². The molecule has 0 N–H and O–H groups in total. The van der Waals surface area contributed by atoms with E-state index >= 15 is 0 Å². The fourth-order valence-electron chi connectivity index (χ4n) is 6.54. The first-order chi connectivity index (χ1) is 21.5. The Labute approximate surface area is 259 Å². The third-order valence-corrected chi connectivity index (χ3v) is 8.75. The van der Waals surface area contributed by atoms with Gasteiger partial charge in [-0.1, -0.05) is 29.8 Å². The number of methoxy groups -OCH3 is 4. The van der Waals surface area contributed by atoms with E-state index in [4.69, 9.17) is 18.9 Å². The van der Waals surface area contributed by atoms with E-state index in [-0.39, 0.29) is 0 Å². The molecule has 2 aliphatic heterocycles. The van der Waals surface area contributed by atoms with Crippen molar-refractivity contribution in [3.05, 3.63) is 89.0 Å². The van der Waals surface area contributed by atoms with Gasteiger partial charge in [0, 0.05) is 19.6 Å². The highest BCUT2D eigenvalue weighted by molar-refractivity contribution is 5.84. The van der Waals surface area contributed by atoms with E-state index in [1.165, 1.54) is 22.5 Å². The molecule has 0 atom stereocenters. The van der Waals surface area contributed by atoms with Crippen LogP contribution in [0.3, 0.4) is 0 Å². The Morgan fingerprint density at radius 1 is 0.705 bits per heavy atom. The summed E-state index contributed by atoms with van der Waals surface area (Å²) < 4.78 is 24.6. The Hall–Kier alpha value is -4.50. The summed E-state index contributed by atoms with van der Waals surface area (Å²) in [6, 6.07) is 20.9. The number of rotatable bonds is 10. The van der Waals surface area contributed by atoms with Crippen LogP contribution in [0.25, 0.3) is 11.3 Å². The number of fused-ring (bicyclic) bond motifs is 3. The summed E-state index contributed by atoms with van der Waals surface area (Å²) in [6.07, 6.45) is 3.07. The first-order valence-electron chi connectivity index (χ1n) is 15.2. The zero-order chi connectivity index (χ0) is 30.6. The van der Waals surface area contributed by atoms with Gasteiger partial charge in [-0.2, -0.15) is 0 Å². The molecule has 9 nitrogen and oxygen atoms in total. The number of piperidine rings is 1. The molecule has 4 aromatic rings. The monoisotopic (exact) mass is 595 g/mol. The lowest BCUT2D eigenvalue weighted by molar-refractivity contribution is 0.254. The fourth-order valence-corrected chi connectivity index (χ4v) is 6.54. The van der Waals surface area contributed by atoms with Crippen LogP contribution in [0.15, 0.2) is 66.2 Å². The van der Waals surface area contributed by atoms with Crippen LogP contribution in [-0.4, -0.2) is 74.3 Å². The SMILES string of the molecule is COc1ccc(C(=C2CCN(CCCN3Cc4nnc(C)n4-c4ccccc43)CC2)c2ccc(OC)c(OC)c2)cc1OC. The minimum absolute atomic E-state index is 0.716. The van der Waals surface area contributed by atoms with Gasteiger partial charge in [0.1, 0.15) is 5.82 Å². The maximum Gasteiger partial charge on any atom is 0.161 e. The quantitative estimate of drug-likeness (QED) is 0.224. The fraction of sp³-hybridized carbons (Fsp3) is 0.371. The van der Waals surface area contributed by atoms with E-state index in [1.54, 1.807) is 28.4 Å². The van der Waals surface area contributed by atoms with E-state index in [1.807, 2.05) is 19.1 Å². The highest BCUT2D eigenvalue weighted by Gasteiger charge is 2.25. The number of para-hydroxylation sites is 2. The smallest absolute Gasteiger partial charge is 0.161 e. The first-order valence-corrected chi connectivity index (χ1v) is 15.2. The first kappa shape index (κ1) is 29.6. The predicted octanol–water partition coefficient (Wildman–Crippen LogP) is 5.92. The number of hydrogen-bond acceptors (Lipinski definition) is 8. The molecule has 3 aromatic carbocycles. The summed E-state index contributed by atoms with van der Waals surface area (Å²) in [5.74, 6) is 4.81. The van der Waals surface area contributed by atoms with Crippen LogP contribution in [-0.2, 0) is 6.54 Å². The Morgan fingerprint density at radius 2 is 1.30 bits per heavy atom. The van der Waals surface area contributed by atoms with E-state index in [0.29, 0.717) is 11.5 Å². The van der Waals surface area contributed by atoms with Gasteiger partial charge in [-0.3, -0.25) is 4.57 Å². The van der Waals surface area contributed by atoms with Crippen molar-refractivity contribution in [2.24, 2.45) is 0 Å². The molecule has 2 aliphatic rings. The average Bonchev–Trinajstić information content (AvgIpc) is 3.45. The number of aromatic nitrogens is 3. The van der Waals surface area contributed by atoms with Crippen LogP contribution >= 0.6 is 0 Å². The minimum atomic E-state index is 0.716. The molecule has 9 heteroatoms. The predicted molar refractivity (Wildman–Crippen MR) is 173 cm³/mol. The van der Waals surface area contributed by atoms with Gasteiger partial charge in [-0.25, -0.2) is 0 Å². The summed E-state index contributed by atoms with van der Waals surface area (Å²) in [6.45, 7) is 6.87. The number of aryl methyl sites for hydroxylation is 1. The summed E-state index contributed by atoms with van der Waals surface area (Å²) in [7, 11) is 6.69. The average molecular weight is 596 g/mol. The van der Waals surface area contributed by atoms with E-state index in [0.717, 1.165) is 86.3 Å². The van der Waals surface area contributed by atoms with Gasteiger partial charge < -0.3 is 28.7 Å². The lowest BCUT2D eigenvalue weighted by Crippen LogP contribution is -2.35. The standard InChI is InChI=1S/C35H41N5O4/c1-24-36-37-34-23-39(28-9-6-7-10-29(28)40(24)34)18-8-17-38-19-15-25(16-20-38)35(26-11-13-30(41-2)32(21-26)43-4)27-12-14-31(42-3)33(22-27)44-5/h6-7,9-14,21-22H,8,15-20,23H2,1-5H3. The van der Waals surface area contributed by atoms with Crippen molar-refractivity contribution in [2.45, 2.75) is 32.7 Å². The number of nitrogens with zero attached hydrogens (tertiary/aromatic N) is 5. The third-order valence-electron chi connectivity index (χ3n) is 8.75. The summed E-state index contributed by atoms with van der Waals surface area (Å²) in [5, 5.41) is 8.78. The van der Waals surface area contributed by atoms with Crippen molar-refractivity contribution in [3.8, 4) is 28.7 Å². The van der Waals surface area contributed by atoms with Gasteiger partial charge in [0.05, 0.1) is 46.4 Å². The Balaban J connectivity index is 1.18. The Bertz CT molecular complexity index is 1600. The number of benzene rings is 3. The molecule has 0 radical (unpaired) electrons. The molecule has 0 aliphatic carbocycles. The van der Waals surface area contributed by atoms with Gasteiger partial charge >= 0.3 is 0 Å². The molecule has 0 amide bonds. The molecule has 44 heavy (non-hydrogen) atoms. The van der Waals surface area contributed by atoms with Gasteiger partial charge in [0.2, 0.25) is 0 Å². The van der Waals surface area contributed by atoms with Crippen molar-refractivity contribution in [2.75, 3.05) is 59.5 Å². The van der Waals surface area contributed by atoms with Crippen LogP contribution in [0.5, 0.6) is 23.0 Å². The van der Waals surface area contributed by atoms with Crippen molar-refractivity contribution < 1.29 is 18.9 Å². The summed E-state index contributed by atoms with van der Waals surface area (Å²) in [5.41, 5.74) is 7.27. The topological polar surface area (TPSA) is 74.1 Å². The number of ether oxygens (including phenoxy) is 4. The maximum atomic E-state index is 5.67. The molecule has 0 spiro atoms. The van der Waals surface area contributed by atoms with Gasteiger partial charge in [0.15, 0.2) is 28.8 Å². The number of likely N-dealkylation sites (tertiary alicyclic amines) is 1. The lowest BCUT2D eigenvalue weighted by atomic mass is 9.88. The zero-order valence-electron chi connectivity index (χ0n) is 26.3. The van der Waals surface area contributed by atoms with E-state index in [2.05, 4.69) is 73.1 Å². The Morgan fingerprint density at radius 3 is 1.89 bits per heavy atom. The maximum absolute atomic E-state index is 5.67.